The molecule has 0 fully saturated rings. The lowest BCUT2D eigenvalue weighted by atomic mass is 10.1. The summed E-state index contributed by atoms with van der Waals surface area (Å²) in [5, 5.41) is 6.51. The summed E-state index contributed by atoms with van der Waals surface area (Å²) in [7, 11) is 1.95. The van der Waals surface area contributed by atoms with Crippen LogP contribution >= 0.6 is 27.3 Å². The van der Waals surface area contributed by atoms with E-state index in [1.807, 2.05) is 19.2 Å². The maximum atomic E-state index is 5.97. The van der Waals surface area contributed by atoms with Crippen molar-refractivity contribution >= 4 is 38.2 Å². The molecular formula is C14H12BrNOS. The molecule has 2 nitrogen and oxygen atoms in total. The second kappa shape index (κ2) is 4.88. The topological polar surface area (TPSA) is 25.2 Å². The van der Waals surface area contributed by atoms with Crippen LogP contribution in [0.15, 0.2) is 50.7 Å². The zero-order chi connectivity index (χ0) is 12.5. The molecular weight excluding hydrogens is 310 g/mol. The van der Waals surface area contributed by atoms with Crippen LogP contribution in [0.2, 0.25) is 0 Å². The van der Waals surface area contributed by atoms with Crippen molar-refractivity contribution in [2.45, 2.75) is 6.04 Å². The number of hydrogen-bond acceptors (Lipinski definition) is 3. The molecule has 0 spiro atoms. The number of benzene rings is 1. The van der Waals surface area contributed by atoms with Crippen molar-refractivity contribution in [1.29, 1.82) is 0 Å². The fourth-order valence-electron chi connectivity index (χ4n) is 2.07. The Kier molecular flexibility index (Phi) is 3.24. The summed E-state index contributed by atoms with van der Waals surface area (Å²) in [6.45, 7) is 0. The van der Waals surface area contributed by atoms with E-state index in [0.29, 0.717) is 0 Å². The summed E-state index contributed by atoms with van der Waals surface area (Å²) in [5.41, 5.74) is 0.907. The number of rotatable bonds is 3. The number of nitrogens with one attached hydrogen (secondary N) is 1. The summed E-state index contributed by atoms with van der Waals surface area (Å²) in [4.78, 5) is 1.26. The second-order valence-electron chi connectivity index (χ2n) is 4.04. The highest BCUT2D eigenvalue weighted by molar-refractivity contribution is 9.10. The SMILES string of the molecule is CNC(c1cc2cccc(Br)c2o1)c1cccs1. The summed E-state index contributed by atoms with van der Waals surface area (Å²) in [6, 6.07) is 12.5. The summed E-state index contributed by atoms with van der Waals surface area (Å²) >= 11 is 5.25. The molecule has 18 heavy (non-hydrogen) atoms. The van der Waals surface area contributed by atoms with Gasteiger partial charge in [-0.05, 0) is 46.6 Å². The molecule has 0 amide bonds. The van der Waals surface area contributed by atoms with Crippen LogP contribution in [0.5, 0.6) is 0 Å². The third-order valence-corrected chi connectivity index (χ3v) is 4.48. The highest BCUT2D eigenvalue weighted by Crippen LogP contribution is 2.33. The Labute approximate surface area is 118 Å². The summed E-state index contributed by atoms with van der Waals surface area (Å²) in [6.07, 6.45) is 0. The van der Waals surface area contributed by atoms with Crippen LogP contribution < -0.4 is 5.32 Å². The number of fused-ring (bicyclic) bond motifs is 1. The number of furan rings is 1. The van der Waals surface area contributed by atoms with Gasteiger partial charge in [-0.25, -0.2) is 0 Å². The summed E-state index contributed by atoms with van der Waals surface area (Å²) < 4.78 is 6.97. The molecule has 1 aromatic carbocycles. The lowest BCUT2D eigenvalue weighted by Crippen LogP contribution is -2.15. The van der Waals surface area contributed by atoms with E-state index in [2.05, 4.69) is 50.9 Å². The van der Waals surface area contributed by atoms with E-state index in [0.717, 1.165) is 21.2 Å². The Morgan fingerprint density at radius 2 is 2.17 bits per heavy atom. The molecule has 0 saturated carbocycles. The molecule has 3 rings (SSSR count). The molecule has 2 heterocycles. The first-order valence-electron chi connectivity index (χ1n) is 5.68. The van der Waals surface area contributed by atoms with Crippen molar-refractivity contribution < 1.29 is 4.42 Å². The Balaban J connectivity index is 2.11. The van der Waals surface area contributed by atoms with Gasteiger partial charge in [0.2, 0.25) is 0 Å². The molecule has 0 radical (unpaired) electrons. The van der Waals surface area contributed by atoms with Gasteiger partial charge in [0.15, 0.2) is 0 Å². The third-order valence-electron chi connectivity index (χ3n) is 2.92. The Hall–Kier alpha value is -1.10. The Morgan fingerprint density at radius 1 is 1.28 bits per heavy atom. The Morgan fingerprint density at radius 3 is 2.83 bits per heavy atom. The van der Waals surface area contributed by atoms with Crippen molar-refractivity contribution in [3.05, 3.63) is 56.9 Å². The van der Waals surface area contributed by atoms with Crippen LogP contribution in [0.25, 0.3) is 11.0 Å². The van der Waals surface area contributed by atoms with E-state index in [9.17, 15) is 0 Å². The van der Waals surface area contributed by atoms with Crippen LogP contribution in [0, 0.1) is 0 Å². The average molecular weight is 322 g/mol. The largest absolute Gasteiger partial charge is 0.458 e. The van der Waals surface area contributed by atoms with Crippen molar-refractivity contribution in [3.63, 3.8) is 0 Å². The lowest BCUT2D eigenvalue weighted by molar-refractivity contribution is 0.494. The zero-order valence-electron chi connectivity index (χ0n) is 9.81. The number of thiophene rings is 1. The fraction of sp³-hybridized carbons (Fsp3) is 0.143. The molecule has 4 heteroatoms. The molecule has 1 atom stereocenters. The molecule has 0 aliphatic heterocycles. The molecule has 0 aliphatic rings. The van der Waals surface area contributed by atoms with Gasteiger partial charge in [-0.1, -0.05) is 18.2 Å². The molecule has 1 unspecified atom stereocenters. The molecule has 2 aromatic heterocycles. The number of halogens is 1. The molecule has 0 saturated heterocycles. The van der Waals surface area contributed by atoms with Crippen LogP contribution in [0.4, 0.5) is 0 Å². The van der Waals surface area contributed by atoms with Gasteiger partial charge >= 0.3 is 0 Å². The maximum absolute atomic E-state index is 5.97. The average Bonchev–Trinajstić information content (AvgIpc) is 3.00. The second-order valence-corrected chi connectivity index (χ2v) is 5.88. The van der Waals surface area contributed by atoms with Crippen LogP contribution in [0.3, 0.4) is 0 Å². The maximum Gasteiger partial charge on any atom is 0.148 e. The zero-order valence-corrected chi connectivity index (χ0v) is 12.2. The van der Waals surface area contributed by atoms with E-state index in [4.69, 9.17) is 4.42 Å². The molecule has 1 N–H and O–H groups in total. The fourth-order valence-corrected chi connectivity index (χ4v) is 3.37. The monoisotopic (exact) mass is 321 g/mol. The molecule has 92 valence electrons. The Bertz CT molecular complexity index is 660. The van der Waals surface area contributed by atoms with Gasteiger partial charge < -0.3 is 9.73 Å². The molecule has 3 aromatic rings. The normalized spacial score (nSPS) is 13.0. The minimum Gasteiger partial charge on any atom is -0.458 e. The van der Waals surface area contributed by atoms with E-state index in [1.165, 1.54) is 4.88 Å². The van der Waals surface area contributed by atoms with Crippen molar-refractivity contribution in [3.8, 4) is 0 Å². The van der Waals surface area contributed by atoms with Gasteiger partial charge in [0.05, 0.1) is 4.47 Å². The van der Waals surface area contributed by atoms with Crippen LogP contribution in [0.1, 0.15) is 16.7 Å². The number of para-hydroxylation sites is 1. The molecule has 0 aliphatic carbocycles. The highest BCUT2D eigenvalue weighted by Gasteiger charge is 2.18. The van der Waals surface area contributed by atoms with Crippen molar-refractivity contribution in [2.24, 2.45) is 0 Å². The standard InChI is InChI=1S/C14H12BrNOS/c1-16-13(12-6-3-7-18-12)11-8-9-4-2-5-10(15)14(9)17-11/h2-8,13,16H,1H3. The van der Waals surface area contributed by atoms with E-state index in [-0.39, 0.29) is 6.04 Å². The first-order valence-corrected chi connectivity index (χ1v) is 7.35. The quantitative estimate of drug-likeness (QED) is 0.764. The van der Waals surface area contributed by atoms with Gasteiger partial charge in [-0.3, -0.25) is 0 Å². The van der Waals surface area contributed by atoms with Gasteiger partial charge in [0, 0.05) is 10.3 Å². The smallest absolute Gasteiger partial charge is 0.148 e. The molecule has 0 bridgehead atoms. The van der Waals surface area contributed by atoms with Crippen molar-refractivity contribution in [1.82, 2.24) is 5.32 Å². The predicted octanol–water partition coefficient (Wildman–Crippen LogP) is 4.57. The van der Waals surface area contributed by atoms with E-state index < -0.39 is 0 Å². The minimum absolute atomic E-state index is 0.115. The highest BCUT2D eigenvalue weighted by atomic mass is 79.9. The first kappa shape index (κ1) is 12.0. The van der Waals surface area contributed by atoms with Gasteiger partial charge in [0.1, 0.15) is 17.4 Å². The third kappa shape index (κ3) is 2.00. The van der Waals surface area contributed by atoms with Gasteiger partial charge in [-0.2, -0.15) is 0 Å². The predicted molar refractivity (Wildman–Crippen MR) is 79.1 cm³/mol. The van der Waals surface area contributed by atoms with Crippen LogP contribution in [-0.2, 0) is 0 Å². The first-order chi connectivity index (χ1) is 8.79. The van der Waals surface area contributed by atoms with Gasteiger partial charge in [0.25, 0.3) is 0 Å². The van der Waals surface area contributed by atoms with Crippen molar-refractivity contribution in [2.75, 3.05) is 7.05 Å². The van der Waals surface area contributed by atoms with Crippen LogP contribution in [-0.4, -0.2) is 7.05 Å². The minimum atomic E-state index is 0.115. The number of hydrogen-bond donors (Lipinski definition) is 1. The van der Waals surface area contributed by atoms with E-state index >= 15 is 0 Å². The van der Waals surface area contributed by atoms with E-state index in [1.54, 1.807) is 11.3 Å². The van der Waals surface area contributed by atoms with Gasteiger partial charge in [-0.15, -0.1) is 11.3 Å². The lowest BCUT2D eigenvalue weighted by Gasteiger charge is -2.10. The summed E-state index contributed by atoms with van der Waals surface area (Å²) in [5.74, 6) is 0.946.